The molecule has 0 amide bonds. The van der Waals surface area contributed by atoms with E-state index in [1.54, 1.807) is 11.3 Å². The molecule has 18 heavy (non-hydrogen) atoms. The molecular weight excluding hydrogens is 248 g/mol. The van der Waals surface area contributed by atoms with Gasteiger partial charge >= 0.3 is 0 Å². The van der Waals surface area contributed by atoms with Gasteiger partial charge in [-0.05, 0) is 19.9 Å². The first-order chi connectivity index (χ1) is 8.65. The Labute approximate surface area is 111 Å². The summed E-state index contributed by atoms with van der Waals surface area (Å²) in [6.07, 6.45) is 1.80. The van der Waals surface area contributed by atoms with Crippen molar-refractivity contribution in [3.8, 4) is 11.6 Å². The summed E-state index contributed by atoms with van der Waals surface area (Å²) in [7, 11) is 0. The molecule has 0 aliphatic rings. The van der Waals surface area contributed by atoms with Crippen LogP contribution >= 0.6 is 11.3 Å². The first-order valence-electron chi connectivity index (χ1n) is 6.13. The molecule has 98 valence electrons. The van der Waals surface area contributed by atoms with Crippen molar-refractivity contribution in [2.45, 2.75) is 39.7 Å². The zero-order valence-electron chi connectivity index (χ0n) is 10.9. The lowest BCUT2D eigenvalue weighted by Crippen LogP contribution is -2.23. The molecule has 0 aliphatic heterocycles. The molecule has 0 fully saturated rings. The second-order valence-corrected chi connectivity index (χ2v) is 5.53. The quantitative estimate of drug-likeness (QED) is 0.814. The second kappa shape index (κ2) is 6.06. The van der Waals surface area contributed by atoms with Crippen LogP contribution in [-0.4, -0.2) is 27.8 Å². The summed E-state index contributed by atoms with van der Waals surface area (Å²) in [5.74, 6) is 1.20. The summed E-state index contributed by atoms with van der Waals surface area (Å²) in [5, 5.41) is 14.4. The van der Waals surface area contributed by atoms with Gasteiger partial charge in [-0.1, -0.05) is 13.8 Å². The Bertz CT molecular complexity index is 492. The zero-order valence-corrected chi connectivity index (χ0v) is 11.8. The number of hydrogen-bond acceptors (Lipinski definition) is 6. The van der Waals surface area contributed by atoms with Crippen molar-refractivity contribution >= 4 is 11.3 Å². The Hall–Kier alpha value is -1.27. The highest BCUT2D eigenvalue weighted by atomic mass is 32.1. The fourth-order valence-corrected chi connectivity index (χ4v) is 2.14. The van der Waals surface area contributed by atoms with Crippen LogP contribution in [0.3, 0.4) is 0 Å². The Balaban J connectivity index is 1.86. The average molecular weight is 266 g/mol. The minimum atomic E-state index is 0.515. The smallest absolute Gasteiger partial charge is 0.267 e. The Morgan fingerprint density at radius 3 is 2.89 bits per heavy atom. The SMILES string of the molecule is Cc1nc(-c2nnc(CCCNC(C)C)o2)cs1. The highest BCUT2D eigenvalue weighted by molar-refractivity contribution is 7.09. The van der Waals surface area contributed by atoms with Gasteiger partial charge in [0.15, 0.2) is 0 Å². The third kappa shape index (κ3) is 3.61. The summed E-state index contributed by atoms with van der Waals surface area (Å²) in [5.41, 5.74) is 0.775. The van der Waals surface area contributed by atoms with Gasteiger partial charge in [-0.2, -0.15) is 0 Å². The number of aromatic nitrogens is 3. The van der Waals surface area contributed by atoms with Crippen LogP contribution in [0.4, 0.5) is 0 Å². The van der Waals surface area contributed by atoms with Gasteiger partial charge in [-0.25, -0.2) is 4.98 Å². The van der Waals surface area contributed by atoms with Crippen molar-refractivity contribution in [2.75, 3.05) is 6.54 Å². The van der Waals surface area contributed by atoms with Crippen LogP contribution in [0.25, 0.3) is 11.6 Å². The minimum Gasteiger partial charge on any atom is -0.419 e. The molecule has 0 aliphatic carbocycles. The van der Waals surface area contributed by atoms with Gasteiger partial charge in [0.2, 0.25) is 5.89 Å². The van der Waals surface area contributed by atoms with Crippen LogP contribution in [-0.2, 0) is 6.42 Å². The number of rotatable bonds is 6. The van der Waals surface area contributed by atoms with E-state index in [-0.39, 0.29) is 0 Å². The lowest BCUT2D eigenvalue weighted by Gasteiger charge is -2.05. The van der Waals surface area contributed by atoms with Gasteiger partial charge in [0.25, 0.3) is 5.89 Å². The molecular formula is C12H18N4OS. The highest BCUT2D eigenvalue weighted by Crippen LogP contribution is 2.20. The summed E-state index contributed by atoms with van der Waals surface area (Å²) < 4.78 is 5.58. The Kier molecular flexibility index (Phi) is 4.43. The zero-order chi connectivity index (χ0) is 13.0. The molecule has 0 unspecified atom stereocenters. The first-order valence-corrected chi connectivity index (χ1v) is 7.01. The molecule has 2 heterocycles. The van der Waals surface area contributed by atoms with Gasteiger partial charge in [-0.3, -0.25) is 0 Å². The largest absolute Gasteiger partial charge is 0.419 e. The monoisotopic (exact) mass is 266 g/mol. The van der Waals surface area contributed by atoms with Crippen LogP contribution in [0, 0.1) is 6.92 Å². The molecule has 0 radical (unpaired) electrons. The number of nitrogens with one attached hydrogen (secondary N) is 1. The van der Waals surface area contributed by atoms with Crippen LogP contribution in [0.15, 0.2) is 9.80 Å². The molecule has 2 aromatic heterocycles. The van der Waals surface area contributed by atoms with E-state index in [4.69, 9.17) is 4.42 Å². The molecule has 0 bridgehead atoms. The number of hydrogen-bond donors (Lipinski definition) is 1. The molecule has 1 N–H and O–H groups in total. The van der Waals surface area contributed by atoms with Crippen molar-refractivity contribution in [1.82, 2.24) is 20.5 Å². The number of thiazole rings is 1. The van der Waals surface area contributed by atoms with Crippen molar-refractivity contribution in [3.63, 3.8) is 0 Å². The Morgan fingerprint density at radius 2 is 2.22 bits per heavy atom. The van der Waals surface area contributed by atoms with E-state index in [2.05, 4.69) is 34.3 Å². The molecule has 2 aromatic rings. The van der Waals surface area contributed by atoms with Gasteiger partial charge < -0.3 is 9.73 Å². The summed E-state index contributed by atoms with van der Waals surface area (Å²) >= 11 is 1.58. The first kappa shape index (κ1) is 13.2. The number of aryl methyl sites for hydroxylation is 2. The van der Waals surface area contributed by atoms with Crippen LogP contribution in [0.2, 0.25) is 0 Å². The van der Waals surface area contributed by atoms with Crippen LogP contribution in [0.5, 0.6) is 0 Å². The van der Waals surface area contributed by atoms with Gasteiger partial charge in [-0.15, -0.1) is 21.5 Å². The van der Waals surface area contributed by atoms with E-state index >= 15 is 0 Å². The molecule has 6 heteroatoms. The highest BCUT2D eigenvalue weighted by Gasteiger charge is 2.10. The van der Waals surface area contributed by atoms with E-state index in [1.807, 2.05) is 12.3 Å². The van der Waals surface area contributed by atoms with E-state index in [9.17, 15) is 0 Å². The van der Waals surface area contributed by atoms with E-state index in [1.165, 1.54) is 0 Å². The maximum Gasteiger partial charge on any atom is 0.267 e. The fourth-order valence-electron chi connectivity index (χ4n) is 1.55. The van der Waals surface area contributed by atoms with Crippen LogP contribution in [0.1, 0.15) is 31.2 Å². The van der Waals surface area contributed by atoms with Gasteiger partial charge in [0.05, 0.1) is 5.01 Å². The van der Waals surface area contributed by atoms with E-state index in [0.29, 0.717) is 17.8 Å². The maximum atomic E-state index is 5.58. The average Bonchev–Trinajstić information content (AvgIpc) is 2.93. The molecule has 0 saturated carbocycles. The van der Waals surface area contributed by atoms with Gasteiger partial charge in [0.1, 0.15) is 5.69 Å². The maximum absolute atomic E-state index is 5.58. The summed E-state index contributed by atoms with van der Waals surface area (Å²) in [4.78, 5) is 4.32. The number of nitrogens with zero attached hydrogens (tertiary/aromatic N) is 3. The lowest BCUT2D eigenvalue weighted by atomic mass is 10.3. The van der Waals surface area contributed by atoms with E-state index < -0.39 is 0 Å². The third-order valence-corrected chi connectivity index (χ3v) is 3.20. The third-order valence-electron chi connectivity index (χ3n) is 2.42. The minimum absolute atomic E-state index is 0.515. The van der Waals surface area contributed by atoms with Gasteiger partial charge in [0, 0.05) is 17.8 Å². The van der Waals surface area contributed by atoms with Crippen molar-refractivity contribution < 1.29 is 4.42 Å². The molecule has 0 atom stereocenters. The Morgan fingerprint density at radius 1 is 1.39 bits per heavy atom. The van der Waals surface area contributed by atoms with Crippen molar-refractivity contribution in [3.05, 3.63) is 16.3 Å². The van der Waals surface area contributed by atoms with E-state index in [0.717, 1.165) is 30.1 Å². The lowest BCUT2D eigenvalue weighted by molar-refractivity contribution is 0.483. The predicted octanol–water partition coefficient (Wildman–Crippen LogP) is 2.43. The van der Waals surface area contributed by atoms with Crippen LogP contribution < -0.4 is 5.32 Å². The fraction of sp³-hybridized carbons (Fsp3) is 0.583. The molecule has 0 aromatic carbocycles. The second-order valence-electron chi connectivity index (χ2n) is 4.47. The molecule has 0 saturated heterocycles. The predicted molar refractivity (Wildman–Crippen MR) is 71.6 cm³/mol. The normalized spacial score (nSPS) is 11.3. The molecule has 2 rings (SSSR count). The summed E-state index contributed by atoms with van der Waals surface area (Å²) in [6.45, 7) is 7.19. The topological polar surface area (TPSA) is 63.8 Å². The summed E-state index contributed by atoms with van der Waals surface area (Å²) in [6, 6.07) is 0.515. The molecule has 5 nitrogen and oxygen atoms in total. The van der Waals surface area contributed by atoms with Crippen molar-refractivity contribution in [2.24, 2.45) is 0 Å². The molecule has 0 spiro atoms. The standard InChI is InChI=1S/C12H18N4OS/c1-8(2)13-6-4-5-11-15-16-12(17-11)10-7-18-9(3)14-10/h7-8,13H,4-6H2,1-3H3. The van der Waals surface area contributed by atoms with Crippen molar-refractivity contribution in [1.29, 1.82) is 0 Å².